The molecule has 0 amide bonds. The van der Waals surface area contributed by atoms with Crippen molar-refractivity contribution in [1.29, 1.82) is 0 Å². The quantitative estimate of drug-likeness (QED) is 0.871. The minimum Gasteiger partial charge on any atom is -0.393 e. The fourth-order valence-corrected chi connectivity index (χ4v) is 2.21. The Morgan fingerprint density at radius 2 is 1.94 bits per heavy atom. The van der Waals surface area contributed by atoms with Crippen molar-refractivity contribution >= 4 is 0 Å². The van der Waals surface area contributed by atoms with Crippen LogP contribution >= 0.6 is 0 Å². The van der Waals surface area contributed by atoms with Gasteiger partial charge in [-0.3, -0.25) is 0 Å². The second-order valence-corrected chi connectivity index (χ2v) is 4.57. The third-order valence-electron chi connectivity index (χ3n) is 3.27. The predicted molar refractivity (Wildman–Crippen MR) is 65.7 cm³/mol. The first-order valence-corrected chi connectivity index (χ1v) is 6.20. The largest absolute Gasteiger partial charge is 0.393 e. The maximum atomic E-state index is 9.78. The normalized spacial score (nSPS) is 20.4. The third kappa shape index (κ3) is 2.68. The number of ether oxygens (including phenoxy) is 2. The van der Waals surface area contributed by atoms with Crippen LogP contribution in [0.5, 0.6) is 0 Å². The van der Waals surface area contributed by atoms with Crippen LogP contribution in [-0.2, 0) is 21.7 Å². The highest BCUT2D eigenvalue weighted by molar-refractivity contribution is 5.31. The van der Waals surface area contributed by atoms with Gasteiger partial charge in [0.25, 0.3) is 0 Å². The van der Waals surface area contributed by atoms with Crippen LogP contribution in [0.2, 0.25) is 0 Å². The Balaban J connectivity index is 2.27. The zero-order valence-corrected chi connectivity index (χ0v) is 10.5. The molecule has 0 saturated carbocycles. The number of hydrogen-bond acceptors (Lipinski definition) is 3. The van der Waals surface area contributed by atoms with Gasteiger partial charge in [0.2, 0.25) is 0 Å². The van der Waals surface area contributed by atoms with Crippen LogP contribution in [0.1, 0.15) is 31.4 Å². The maximum Gasteiger partial charge on any atom is 0.192 e. The van der Waals surface area contributed by atoms with E-state index in [1.54, 1.807) is 0 Å². The monoisotopic (exact) mass is 236 g/mol. The SMILES string of the molecule is CCC(O)Cc1ccccc1C1(C)OCCO1. The summed E-state index contributed by atoms with van der Waals surface area (Å²) in [5.41, 5.74) is 2.14. The predicted octanol–water partition coefficient (Wildman–Crippen LogP) is 2.22. The Kier molecular flexibility index (Phi) is 3.82. The molecule has 17 heavy (non-hydrogen) atoms. The Morgan fingerprint density at radius 1 is 1.29 bits per heavy atom. The molecule has 0 aliphatic carbocycles. The van der Waals surface area contributed by atoms with E-state index in [4.69, 9.17) is 9.47 Å². The highest BCUT2D eigenvalue weighted by atomic mass is 16.7. The molecule has 1 aromatic carbocycles. The van der Waals surface area contributed by atoms with Crippen LogP contribution in [0.3, 0.4) is 0 Å². The van der Waals surface area contributed by atoms with Gasteiger partial charge in [0, 0.05) is 5.56 Å². The molecule has 0 bridgehead atoms. The molecule has 3 heteroatoms. The van der Waals surface area contributed by atoms with Gasteiger partial charge < -0.3 is 14.6 Å². The molecule has 1 fully saturated rings. The van der Waals surface area contributed by atoms with Gasteiger partial charge in [-0.2, -0.15) is 0 Å². The Labute approximate surface area is 102 Å². The molecule has 1 unspecified atom stereocenters. The van der Waals surface area contributed by atoms with E-state index >= 15 is 0 Å². The molecule has 1 aliphatic rings. The second-order valence-electron chi connectivity index (χ2n) is 4.57. The molecule has 1 saturated heterocycles. The van der Waals surface area contributed by atoms with Gasteiger partial charge in [-0.1, -0.05) is 31.2 Å². The summed E-state index contributed by atoms with van der Waals surface area (Å²) >= 11 is 0. The van der Waals surface area contributed by atoms with Gasteiger partial charge in [0.15, 0.2) is 5.79 Å². The molecular weight excluding hydrogens is 216 g/mol. The van der Waals surface area contributed by atoms with Crippen LogP contribution in [0.4, 0.5) is 0 Å². The van der Waals surface area contributed by atoms with Crippen molar-refractivity contribution in [2.24, 2.45) is 0 Å². The molecule has 1 N–H and O–H groups in total. The lowest BCUT2D eigenvalue weighted by molar-refractivity contribution is -0.150. The Hall–Kier alpha value is -0.900. The summed E-state index contributed by atoms with van der Waals surface area (Å²) < 4.78 is 11.4. The summed E-state index contributed by atoms with van der Waals surface area (Å²) in [6.45, 7) is 5.18. The number of aliphatic hydroxyl groups is 1. The van der Waals surface area contributed by atoms with Crippen molar-refractivity contribution in [3.05, 3.63) is 35.4 Å². The van der Waals surface area contributed by atoms with Crippen molar-refractivity contribution in [3.8, 4) is 0 Å². The number of hydrogen-bond donors (Lipinski definition) is 1. The smallest absolute Gasteiger partial charge is 0.192 e. The van der Waals surface area contributed by atoms with Crippen molar-refractivity contribution in [3.63, 3.8) is 0 Å². The van der Waals surface area contributed by atoms with Crippen molar-refractivity contribution in [2.75, 3.05) is 13.2 Å². The van der Waals surface area contributed by atoms with E-state index in [0.29, 0.717) is 19.6 Å². The Morgan fingerprint density at radius 3 is 2.59 bits per heavy atom. The molecule has 1 aliphatic heterocycles. The maximum absolute atomic E-state index is 9.78. The molecule has 1 atom stereocenters. The minimum absolute atomic E-state index is 0.304. The summed E-state index contributed by atoms with van der Waals surface area (Å²) in [6.07, 6.45) is 1.10. The molecular formula is C14H20O3. The fourth-order valence-electron chi connectivity index (χ4n) is 2.21. The van der Waals surface area contributed by atoms with E-state index < -0.39 is 5.79 Å². The zero-order chi connectivity index (χ0) is 12.3. The molecule has 2 rings (SSSR count). The van der Waals surface area contributed by atoms with E-state index in [2.05, 4.69) is 0 Å². The summed E-state index contributed by atoms with van der Waals surface area (Å²) in [5, 5.41) is 9.78. The van der Waals surface area contributed by atoms with E-state index in [0.717, 1.165) is 17.5 Å². The van der Waals surface area contributed by atoms with Crippen molar-refractivity contribution in [2.45, 2.75) is 38.6 Å². The van der Waals surface area contributed by atoms with Crippen LogP contribution in [-0.4, -0.2) is 24.4 Å². The lowest BCUT2D eigenvalue weighted by Gasteiger charge is -2.26. The van der Waals surface area contributed by atoms with Crippen LogP contribution in [0, 0.1) is 0 Å². The third-order valence-corrected chi connectivity index (χ3v) is 3.27. The van der Waals surface area contributed by atoms with E-state index in [-0.39, 0.29) is 6.10 Å². The van der Waals surface area contributed by atoms with E-state index in [9.17, 15) is 5.11 Å². The highest BCUT2D eigenvalue weighted by Crippen LogP contribution is 2.33. The number of benzene rings is 1. The average Bonchev–Trinajstić information content (AvgIpc) is 2.78. The first-order valence-electron chi connectivity index (χ1n) is 6.20. The summed E-state index contributed by atoms with van der Waals surface area (Å²) in [4.78, 5) is 0. The number of rotatable bonds is 4. The standard InChI is InChI=1S/C14H20O3/c1-3-12(15)10-11-6-4-5-7-13(11)14(2)16-8-9-17-14/h4-7,12,15H,3,8-10H2,1-2H3. The van der Waals surface area contributed by atoms with Crippen molar-refractivity contribution < 1.29 is 14.6 Å². The van der Waals surface area contributed by atoms with E-state index in [1.807, 2.05) is 38.1 Å². The highest BCUT2D eigenvalue weighted by Gasteiger charge is 2.34. The first kappa shape index (κ1) is 12.6. The Bertz CT molecular complexity index is 369. The van der Waals surface area contributed by atoms with Gasteiger partial charge in [-0.25, -0.2) is 0 Å². The zero-order valence-electron chi connectivity index (χ0n) is 10.5. The lowest BCUT2D eigenvalue weighted by atomic mass is 9.95. The summed E-state index contributed by atoms with van der Waals surface area (Å²) in [6, 6.07) is 8.01. The molecule has 0 radical (unpaired) electrons. The fraction of sp³-hybridized carbons (Fsp3) is 0.571. The van der Waals surface area contributed by atoms with Crippen molar-refractivity contribution in [1.82, 2.24) is 0 Å². The topological polar surface area (TPSA) is 38.7 Å². The molecule has 0 spiro atoms. The van der Waals surface area contributed by atoms with Gasteiger partial charge in [0.05, 0.1) is 19.3 Å². The molecule has 3 nitrogen and oxygen atoms in total. The minimum atomic E-state index is -0.649. The van der Waals surface area contributed by atoms with E-state index in [1.165, 1.54) is 0 Å². The molecule has 1 heterocycles. The first-order chi connectivity index (χ1) is 8.15. The second kappa shape index (κ2) is 5.17. The van der Waals surface area contributed by atoms with Gasteiger partial charge in [0.1, 0.15) is 0 Å². The van der Waals surface area contributed by atoms with Gasteiger partial charge >= 0.3 is 0 Å². The van der Waals surface area contributed by atoms with Crippen LogP contribution in [0.15, 0.2) is 24.3 Å². The summed E-state index contributed by atoms with van der Waals surface area (Å²) in [5.74, 6) is -0.649. The van der Waals surface area contributed by atoms with Crippen LogP contribution in [0.25, 0.3) is 0 Å². The molecule has 0 aromatic heterocycles. The summed E-state index contributed by atoms with van der Waals surface area (Å²) in [7, 11) is 0. The molecule has 94 valence electrons. The van der Waals surface area contributed by atoms with Gasteiger partial charge in [-0.05, 0) is 25.3 Å². The van der Waals surface area contributed by atoms with Crippen LogP contribution < -0.4 is 0 Å². The van der Waals surface area contributed by atoms with Gasteiger partial charge in [-0.15, -0.1) is 0 Å². The number of aliphatic hydroxyl groups excluding tert-OH is 1. The average molecular weight is 236 g/mol. The lowest BCUT2D eigenvalue weighted by Crippen LogP contribution is -2.25. The molecule has 1 aromatic rings.